The Hall–Kier alpha value is -2.58. The highest BCUT2D eigenvalue weighted by Crippen LogP contribution is 2.26. The van der Waals surface area contributed by atoms with E-state index in [-0.39, 0.29) is 0 Å². The number of hydrogen-bond acceptors (Lipinski definition) is 4. The summed E-state index contributed by atoms with van der Waals surface area (Å²) < 4.78 is 2.16. The molecule has 4 rings (SSSR count). The number of rotatable bonds is 1. The summed E-state index contributed by atoms with van der Waals surface area (Å²) in [6.45, 7) is 4.05. The molecule has 0 aliphatic carbocycles. The second kappa shape index (κ2) is 5.00. The molecule has 5 heteroatoms. The number of anilines is 1. The van der Waals surface area contributed by atoms with Gasteiger partial charge in [-0.05, 0) is 37.4 Å². The Balaban J connectivity index is 1.92. The Morgan fingerprint density at radius 3 is 2.68 bits per heavy atom. The molecule has 1 saturated heterocycles. The van der Waals surface area contributed by atoms with Crippen LogP contribution in [0.15, 0.2) is 36.5 Å². The molecule has 0 atom stereocenters. The first-order chi connectivity index (χ1) is 10.8. The largest absolute Gasteiger partial charge is 0.352 e. The summed E-state index contributed by atoms with van der Waals surface area (Å²) in [6, 6.07) is 12.0. The molecular formula is C17H17N5. The van der Waals surface area contributed by atoms with Crippen LogP contribution >= 0.6 is 0 Å². The zero-order chi connectivity index (χ0) is 15.1. The standard InChI is InChI=1S/C17H17N5/c1-20-7-9-21(10-8-20)17-16-3-2-6-22(16)15-5-4-13(12-18)11-14(15)19-17/h2-6,11H,7-10H2,1H3. The van der Waals surface area contributed by atoms with Crippen LogP contribution in [-0.4, -0.2) is 47.5 Å². The van der Waals surface area contributed by atoms with Gasteiger partial charge >= 0.3 is 0 Å². The number of nitrogens with zero attached hydrogens (tertiary/aromatic N) is 5. The van der Waals surface area contributed by atoms with Gasteiger partial charge in [0.25, 0.3) is 0 Å². The summed E-state index contributed by atoms with van der Waals surface area (Å²) in [5.74, 6) is 1.01. The van der Waals surface area contributed by atoms with Gasteiger partial charge in [0.2, 0.25) is 0 Å². The van der Waals surface area contributed by atoms with E-state index in [1.807, 2.05) is 24.3 Å². The molecule has 110 valence electrons. The van der Waals surface area contributed by atoms with E-state index in [0.717, 1.165) is 48.5 Å². The molecule has 0 radical (unpaired) electrons. The van der Waals surface area contributed by atoms with Gasteiger partial charge in [-0.25, -0.2) is 4.98 Å². The summed E-state index contributed by atoms with van der Waals surface area (Å²) in [4.78, 5) is 9.54. The highest BCUT2D eigenvalue weighted by molar-refractivity contribution is 5.86. The minimum absolute atomic E-state index is 0.649. The lowest BCUT2D eigenvalue weighted by atomic mass is 10.2. The number of likely N-dealkylation sites (N-methyl/N-ethyl adjacent to an activating group) is 1. The topological polar surface area (TPSA) is 47.6 Å². The average molecular weight is 291 g/mol. The lowest BCUT2D eigenvalue weighted by Gasteiger charge is -2.33. The summed E-state index contributed by atoms with van der Waals surface area (Å²) >= 11 is 0. The van der Waals surface area contributed by atoms with Gasteiger partial charge in [0, 0.05) is 32.4 Å². The van der Waals surface area contributed by atoms with Gasteiger partial charge in [0.1, 0.15) is 0 Å². The first-order valence-electron chi connectivity index (χ1n) is 7.51. The molecule has 0 N–H and O–H groups in total. The minimum atomic E-state index is 0.649. The molecule has 1 aromatic carbocycles. The third-order valence-electron chi connectivity index (χ3n) is 4.37. The maximum absolute atomic E-state index is 9.12. The monoisotopic (exact) mass is 291 g/mol. The Labute approximate surface area is 129 Å². The van der Waals surface area contributed by atoms with Gasteiger partial charge in [-0.2, -0.15) is 5.26 Å². The fraction of sp³-hybridized carbons (Fsp3) is 0.294. The summed E-state index contributed by atoms with van der Waals surface area (Å²) in [5.41, 5.74) is 3.69. The van der Waals surface area contributed by atoms with E-state index < -0.39 is 0 Å². The normalized spacial score (nSPS) is 16.3. The maximum Gasteiger partial charge on any atom is 0.153 e. The molecule has 3 aromatic rings. The van der Waals surface area contributed by atoms with Gasteiger partial charge < -0.3 is 14.2 Å². The number of aromatic nitrogens is 2. The van der Waals surface area contributed by atoms with E-state index in [9.17, 15) is 0 Å². The fourth-order valence-corrected chi connectivity index (χ4v) is 3.08. The van der Waals surface area contributed by atoms with Crippen molar-refractivity contribution in [3.05, 3.63) is 42.1 Å². The molecule has 1 aliphatic rings. The quantitative estimate of drug-likeness (QED) is 0.689. The van der Waals surface area contributed by atoms with Crippen molar-refractivity contribution < 1.29 is 0 Å². The number of piperazine rings is 1. The number of fused-ring (bicyclic) bond motifs is 3. The molecular weight excluding hydrogens is 274 g/mol. The average Bonchev–Trinajstić information content (AvgIpc) is 3.04. The second-order valence-corrected chi connectivity index (χ2v) is 5.80. The van der Waals surface area contributed by atoms with Gasteiger partial charge in [0.05, 0.1) is 28.2 Å². The molecule has 1 aliphatic heterocycles. The Kier molecular flexibility index (Phi) is 2.98. The molecule has 1 fully saturated rings. The van der Waals surface area contributed by atoms with E-state index in [1.54, 1.807) is 0 Å². The Morgan fingerprint density at radius 1 is 1.09 bits per heavy atom. The van der Waals surface area contributed by atoms with Crippen LogP contribution in [-0.2, 0) is 0 Å². The molecule has 0 spiro atoms. The van der Waals surface area contributed by atoms with Crippen molar-refractivity contribution in [1.82, 2.24) is 14.3 Å². The van der Waals surface area contributed by atoms with Gasteiger partial charge in [-0.3, -0.25) is 0 Å². The molecule has 0 amide bonds. The van der Waals surface area contributed by atoms with E-state index in [2.05, 4.69) is 39.6 Å². The van der Waals surface area contributed by atoms with Crippen LogP contribution in [0.4, 0.5) is 5.82 Å². The van der Waals surface area contributed by atoms with E-state index >= 15 is 0 Å². The molecule has 2 aromatic heterocycles. The third kappa shape index (κ3) is 2.00. The summed E-state index contributed by atoms with van der Waals surface area (Å²) in [6.07, 6.45) is 2.06. The van der Waals surface area contributed by atoms with Crippen LogP contribution in [0.5, 0.6) is 0 Å². The van der Waals surface area contributed by atoms with Crippen molar-refractivity contribution in [2.24, 2.45) is 0 Å². The van der Waals surface area contributed by atoms with Gasteiger partial charge in [0.15, 0.2) is 5.82 Å². The van der Waals surface area contributed by atoms with Crippen LogP contribution in [0.25, 0.3) is 16.6 Å². The van der Waals surface area contributed by atoms with Crippen molar-refractivity contribution in [2.45, 2.75) is 0 Å². The maximum atomic E-state index is 9.12. The molecule has 0 unspecified atom stereocenters. The third-order valence-corrected chi connectivity index (χ3v) is 4.37. The van der Waals surface area contributed by atoms with Crippen LogP contribution < -0.4 is 4.90 Å². The highest BCUT2D eigenvalue weighted by atomic mass is 15.3. The number of hydrogen-bond donors (Lipinski definition) is 0. The predicted octanol–water partition coefficient (Wildman–Crippen LogP) is 2.11. The SMILES string of the molecule is CN1CCN(c2nc3cc(C#N)ccc3n3cccc23)CC1. The first kappa shape index (κ1) is 13.1. The molecule has 3 heterocycles. The van der Waals surface area contributed by atoms with Gasteiger partial charge in [-0.1, -0.05) is 0 Å². The van der Waals surface area contributed by atoms with Crippen molar-refractivity contribution in [3.8, 4) is 6.07 Å². The molecule has 22 heavy (non-hydrogen) atoms. The van der Waals surface area contributed by atoms with Crippen LogP contribution in [0.3, 0.4) is 0 Å². The predicted molar refractivity (Wildman–Crippen MR) is 87.1 cm³/mol. The summed E-state index contributed by atoms with van der Waals surface area (Å²) in [7, 11) is 2.15. The lowest BCUT2D eigenvalue weighted by Crippen LogP contribution is -2.45. The molecule has 5 nitrogen and oxygen atoms in total. The lowest BCUT2D eigenvalue weighted by molar-refractivity contribution is 0.312. The molecule has 0 saturated carbocycles. The first-order valence-corrected chi connectivity index (χ1v) is 7.51. The fourth-order valence-electron chi connectivity index (χ4n) is 3.08. The second-order valence-electron chi connectivity index (χ2n) is 5.80. The van der Waals surface area contributed by atoms with E-state index in [4.69, 9.17) is 10.2 Å². The minimum Gasteiger partial charge on any atom is -0.352 e. The summed E-state index contributed by atoms with van der Waals surface area (Å²) in [5, 5.41) is 9.12. The van der Waals surface area contributed by atoms with E-state index in [0.29, 0.717) is 5.56 Å². The smallest absolute Gasteiger partial charge is 0.153 e. The van der Waals surface area contributed by atoms with Crippen LogP contribution in [0.2, 0.25) is 0 Å². The molecule has 0 bridgehead atoms. The van der Waals surface area contributed by atoms with Crippen molar-refractivity contribution >= 4 is 22.4 Å². The van der Waals surface area contributed by atoms with Crippen molar-refractivity contribution in [2.75, 3.05) is 38.1 Å². The van der Waals surface area contributed by atoms with Crippen molar-refractivity contribution in [1.29, 1.82) is 5.26 Å². The van der Waals surface area contributed by atoms with E-state index in [1.165, 1.54) is 0 Å². The number of nitriles is 1. The Bertz CT molecular complexity index is 881. The van der Waals surface area contributed by atoms with Crippen LogP contribution in [0.1, 0.15) is 5.56 Å². The highest BCUT2D eigenvalue weighted by Gasteiger charge is 2.19. The van der Waals surface area contributed by atoms with Gasteiger partial charge in [-0.15, -0.1) is 0 Å². The zero-order valence-electron chi connectivity index (χ0n) is 12.5. The number of benzene rings is 1. The van der Waals surface area contributed by atoms with Crippen LogP contribution in [0, 0.1) is 11.3 Å². The zero-order valence-corrected chi connectivity index (χ0v) is 12.5. The Morgan fingerprint density at radius 2 is 1.91 bits per heavy atom. The van der Waals surface area contributed by atoms with Crippen molar-refractivity contribution in [3.63, 3.8) is 0 Å².